The summed E-state index contributed by atoms with van der Waals surface area (Å²) in [6.07, 6.45) is 6.60. The Morgan fingerprint density at radius 3 is 2.62 bits per heavy atom. The predicted octanol–water partition coefficient (Wildman–Crippen LogP) is 4.98. The lowest BCUT2D eigenvalue weighted by atomic mass is 9.72. The molecular formula is C21H30O3. The first-order valence-electron chi connectivity index (χ1n) is 9.24. The van der Waals surface area contributed by atoms with E-state index < -0.39 is 5.60 Å². The van der Waals surface area contributed by atoms with Crippen molar-refractivity contribution in [3.05, 3.63) is 28.8 Å². The Bertz CT molecular complexity index is 668. The van der Waals surface area contributed by atoms with Crippen LogP contribution in [0.15, 0.2) is 17.7 Å². The quantitative estimate of drug-likeness (QED) is 0.765. The molecule has 0 bridgehead atoms. The summed E-state index contributed by atoms with van der Waals surface area (Å²) < 4.78 is 6.29. The number of aryl methyl sites for hydroxylation is 1. The molecule has 0 saturated heterocycles. The lowest BCUT2D eigenvalue weighted by Gasteiger charge is -2.43. The van der Waals surface area contributed by atoms with Crippen LogP contribution in [0.25, 0.3) is 5.57 Å². The molecule has 0 fully saturated rings. The molecule has 1 aliphatic heterocycles. The summed E-state index contributed by atoms with van der Waals surface area (Å²) in [5.41, 5.74) is 3.12. The molecule has 3 rings (SSSR count). The van der Waals surface area contributed by atoms with E-state index >= 15 is 0 Å². The normalized spacial score (nSPS) is 25.0. The van der Waals surface area contributed by atoms with Gasteiger partial charge < -0.3 is 14.9 Å². The smallest absolute Gasteiger partial charge is 0.132 e. The highest BCUT2D eigenvalue weighted by atomic mass is 16.5. The van der Waals surface area contributed by atoms with E-state index in [2.05, 4.69) is 26.8 Å². The summed E-state index contributed by atoms with van der Waals surface area (Å²) in [4.78, 5) is 0. The summed E-state index contributed by atoms with van der Waals surface area (Å²) in [6.45, 7) is 8.26. The second kappa shape index (κ2) is 6.11. The van der Waals surface area contributed by atoms with Crippen molar-refractivity contribution in [1.29, 1.82) is 0 Å². The maximum atomic E-state index is 10.7. The van der Waals surface area contributed by atoms with Crippen LogP contribution in [0.2, 0.25) is 0 Å². The Labute approximate surface area is 145 Å². The van der Waals surface area contributed by atoms with Crippen molar-refractivity contribution in [2.75, 3.05) is 0 Å². The van der Waals surface area contributed by atoms with Gasteiger partial charge in [0, 0.05) is 6.42 Å². The van der Waals surface area contributed by atoms with Gasteiger partial charge in [-0.25, -0.2) is 0 Å². The lowest BCUT2D eigenvalue weighted by Crippen LogP contribution is -2.40. The predicted molar refractivity (Wildman–Crippen MR) is 97.4 cm³/mol. The Morgan fingerprint density at radius 2 is 1.92 bits per heavy atom. The van der Waals surface area contributed by atoms with Crippen molar-refractivity contribution in [3.8, 4) is 11.5 Å². The minimum atomic E-state index is -0.713. The van der Waals surface area contributed by atoms with Gasteiger partial charge in [0.1, 0.15) is 17.1 Å². The van der Waals surface area contributed by atoms with E-state index in [1.54, 1.807) is 0 Å². The van der Waals surface area contributed by atoms with Crippen molar-refractivity contribution >= 4 is 5.57 Å². The molecule has 132 valence electrons. The molecule has 2 N–H and O–H groups in total. The van der Waals surface area contributed by atoms with Gasteiger partial charge in [-0.05, 0) is 75.3 Å². The van der Waals surface area contributed by atoms with Crippen LogP contribution >= 0.6 is 0 Å². The number of aromatic hydroxyl groups is 1. The average molecular weight is 330 g/mol. The van der Waals surface area contributed by atoms with Crippen LogP contribution in [0.5, 0.6) is 11.5 Å². The van der Waals surface area contributed by atoms with Crippen LogP contribution in [-0.4, -0.2) is 21.4 Å². The van der Waals surface area contributed by atoms with E-state index in [-0.39, 0.29) is 5.60 Å². The minimum Gasteiger partial charge on any atom is -0.507 e. The molecule has 0 saturated carbocycles. The number of hydrogen-bond donors (Lipinski definition) is 2. The fourth-order valence-electron chi connectivity index (χ4n) is 4.12. The maximum absolute atomic E-state index is 10.7. The van der Waals surface area contributed by atoms with Gasteiger partial charge in [0.05, 0.1) is 11.2 Å². The van der Waals surface area contributed by atoms with E-state index in [4.69, 9.17) is 4.74 Å². The number of ether oxygens (including phenoxy) is 1. The first kappa shape index (κ1) is 17.3. The third-order valence-electron chi connectivity index (χ3n) is 5.44. The van der Waals surface area contributed by atoms with Crippen molar-refractivity contribution in [2.24, 2.45) is 0 Å². The molecule has 0 spiro atoms. The molecule has 0 aromatic heterocycles. The summed E-state index contributed by atoms with van der Waals surface area (Å²) in [7, 11) is 0. The number of benzene rings is 1. The van der Waals surface area contributed by atoms with Crippen LogP contribution in [0, 0.1) is 0 Å². The third-order valence-corrected chi connectivity index (χ3v) is 5.44. The Morgan fingerprint density at radius 1 is 1.17 bits per heavy atom. The highest BCUT2D eigenvalue weighted by molar-refractivity contribution is 5.81. The number of aliphatic hydroxyl groups is 1. The first-order chi connectivity index (χ1) is 11.2. The van der Waals surface area contributed by atoms with Crippen molar-refractivity contribution in [2.45, 2.75) is 83.8 Å². The van der Waals surface area contributed by atoms with Gasteiger partial charge in [-0.2, -0.15) is 0 Å². The molecule has 2 aliphatic rings. The van der Waals surface area contributed by atoms with E-state index in [1.807, 2.05) is 13.0 Å². The molecule has 0 radical (unpaired) electrons. The van der Waals surface area contributed by atoms with Gasteiger partial charge in [-0.15, -0.1) is 0 Å². The molecule has 1 atom stereocenters. The molecule has 24 heavy (non-hydrogen) atoms. The van der Waals surface area contributed by atoms with Gasteiger partial charge in [0.15, 0.2) is 0 Å². The van der Waals surface area contributed by atoms with Crippen LogP contribution in [0.4, 0.5) is 0 Å². The van der Waals surface area contributed by atoms with Crippen LogP contribution in [-0.2, 0) is 6.42 Å². The fourth-order valence-corrected chi connectivity index (χ4v) is 4.12. The number of fused-ring (bicyclic) bond motifs is 2. The topological polar surface area (TPSA) is 49.7 Å². The van der Waals surface area contributed by atoms with E-state index in [1.165, 1.54) is 18.4 Å². The summed E-state index contributed by atoms with van der Waals surface area (Å²) in [5.74, 6) is 1.06. The molecule has 1 aliphatic carbocycles. The molecule has 1 aromatic carbocycles. The maximum Gasteiger partial charge on any atom is 0.132 e. The lowest BCUT2D eigenvalue weighted by molar-refractivity contribution is 0.0432. The molecule has 1 aromatic rings. The zero-order valence-corrected chi connectivity index (χ0v) is 15.4. The number of hydrogen-bond acceptors (Lipinski definition) is 3. The minimum absolute atomic E-state index is 0.291. The number of unbranched alkanes of at least 4 members (excludes halogenated alkanes) is 2. The monoisotopic (exact) mass is 330 g/mol. The molecule has 0 amide bonds. The van der Waals surface area contributed by atoms with Gasteiger partial charge in [0.25, 0.3) is 0 Å². The second-order valence-corrected chi connectivity index (χ2v) is 8.19. The Hall–Kier alpha value is -1.48. The van der Waals surface area contributed by atoms with E-state index in [9.17, 15) is 10.2 Å². The fraction of sp³-hybridized carbons (Fsp3) is 0.619. The molecule has 0 unspecified atom stereocenters. The van der Waals surface area contributed by atoms with Gasteiger partial charge in [-0.3, -0.25) is 0 Å². The average Bonchev–Trinajstić information content (AvgIpc) is 2.44. The highest BCUT2D eigenvalue weighted by Crippen LogP contribution is 2.52. The third kappa shape index (κ3) is 3.19. The highest BCUT2D eigenvalue weighted by Gasteiger charge is 2.42. The Balaban J connectivity index is 2.03. The SMILES string of the molecule is CCCCCc1cc(O)c2c(c1)OC(C)(C)C1=C2C[C@](C)(O)CC1. The summed E-state index contributed by atoms with van der Waals surface area (Å²) >= 11 is 0. The van der Waals surface area contributed by atoms with Gasteiger partial charge in [-0.1, -0.05) is 19.8 Å². The molecular weight excluding hydrogens is 300 g/mol. The van der Waals surface area contributed by atoms with E-state index in [0.29, 0.717) is 12.2 Å². The van der Waals surface area contributed by atoms with Gasteiger partial charge >= 0.3 is 0 Å². The summed E-state index contributed by atoms with van der Waals surface area (Å²) in [6, 6.07) is 3.96. The van der Waals surface area contributed by atoms with Crippen LogP contribution in [0.3, 0.4) is 0 Å². The summed E-state index contributed by atoms with van der Waals surface area (Å²) in [5, 5.41) is 21.2. The zero-order chi connectivity index (χ0) is 17.5. The van der Waals surface area contributed by atoms with Crippen molar-refractivity contribution in [1.82, 2.24) is 0 Å². The molecule has 3 heteroatoms. The van der Waals surface area contributed by atoms with Crippen LogP contribution < -0.4 is 4.74 Å². The second-order valence-electron chi connectivity index (χ2n) is 8.19. The standard InChI is InChI=1S/C21H30O3/c1-5-6-7-8-14-11-17(22)19-15-13-21(4,23)10-9-16(15)20(2,3)24-18(19)12-14/h11-12,22-23H,5-10,13H2,1-4H3/t21-/m1/s1. The number of phenolic OH excluding ortho intramolecular Hbond substituents is 1. The largest absolute Gasteiger partial charge is 0.507 e. The van der Waals surface area contributed by atoms with Gasteiger partial charge in [0.2, 0.25) is 0 Å². The van der Waals surface area contributed by atoms with Crippen molar-refractivity contribution < 1.29 is 14.9 Å². The molecule has 3 nitrogen and oxygen atoms in total. The molecule has 1 heterocycles. The van der Waals surface area contributed by atoms with Crippen molar-refractivity contribution in [3.63, 3.8) is 0 Å². The number of rotatable bonds is 4. The zero-order valence-electron chi connectivity index (χ0n) is 15.4. The van der Waals surface area contributed by atoms with Crippen LogP contribution in [0.1, 0.15) is 77.3 Å². The van der Waals surface area contributed by atoms with E-state index in [0.717, 1.165) is 48.1 Å². The Kier molecular flexibility index (Phi) is 4.41. The number of phenols is 1. The first-order valence-corrected chi connectivity index (χ1v) is 9.24.